The summed E-state index contributed by atoms with van der Waals surface area (Å²) < 4.78 is 12.3. The van der Waals surface area contributed by atoms with Gasteiger partial charge in [0.15, 0.2) is 0 Å². The second-order valence-electron chi connectivity index (χ2n) is 6.47. The largest absolute Gasteiger partial charge is 0.495 e. The highest BCUT2D eigenvalue weighted by molar-refractivity contribution is 6.63. The molecule has 3 rings (SSSR count). The van der Waals surface area contributed by atoms with Gasteiger partial charge < -0.3 is 9.31 Å². The smallest absolute Gasteiger partial charge is 0.399 e. The van der Waals surface area contributed by atoms with Gasteiger partial charge in [0.05, 0.1) is 11.2 Å². The van der Waals surface area contributed by atoms with E-state index in [0.717, 1.165) is 16.6 Å². The van der Waals surface area contributed by atoms with Crippen LogP contribution < -0.4 is 5.46 Å². The minimum Gasteiger partial charge on any atom is -0.399 e. The molecule has 1 fully saturated rings. The van der Waals surface area contributed by atoms with Crippen LogP contribution >= 0.6 is 0 Å². The van der Waals surface area contributed by atoms with E-state index >= 15 is 0 Å². The summed E-state index contributed by atoms with van der Waals surface area (Å²) in [7, 11) is -0.359. The molecule has 2 aromatic rings. The molecule has 1 saturated heterocycles. The Morgan fingerprint density at radius 1 is 0.905 bits per heavy atom. The van der Waals surface area contributed by atoms with Crippen molar-refractivity contribution in [1.29, 1.82) is 0 Å². The van der Waals surface area contributed by atoms with Gasteiger partial charge in [0.2, 0.25) is 0 Å². The van der Waals surface area contributed by atoms with E-state index in [1.54, 1.807) is 0 Å². The highest BCUT2D eigenvalue weighted by Crippen LogP contribution is 2.37. The van der Waals surface area contributed by atoms with Gasteiger partial charge in [-0.1, -0.05) is 48.5 Å². The Balaban J connectivity index is 2.02. The fourth-order valence-electron chi connectivity index (χ4n) is 2.49. The first-order valence-electron chi connectivity index (χ1n) is 7.32. The van der Waals surface area contributed by atoms with Crippen LogP contribution in [0.5, 0.6) is 0 Å². The van der Waals surface area contributed by atoms with Crippen LogP contribution in [0.25, 0.3) is 11.1 Å². The number of hydrogen-bond acceptors (Lipinski definition) is 2. The highest BCUT2D eigenvalue weighted by atomic mass is 16.7. The number of rotatable bonds is 2. The molecular formula is C18H20BO2. The zero-order valence-electron chi connectivity index (χ0n) is 13.0. The third kappa shape index (κ3) is 2.52. The molecule has 0 saturated carbocycles. The van der Waals surface area contributed by atoms with Gasteiger partial charge in [-0.25, -0.2) is 0 Å². The Morgan fingerprint density at radius 2 is 1.52 bits per heavy atom. The van der Waals surface area contributed by atoms with E-state index in [0.29, 0.717) is 0 Å². The molecule has 0 amide bonds. The first-order valence-corrected chi connectivity index (χ1v) is 7.32. The summed E-state index contributed by atoms with van der Waals surface area (Å²) in [6.45, 7) is 8.29. The molecule has 0 N–H and O–H groups in total. The third-order valence-electron chi connectivity index (χ3n) is 4.49. The molecule has 0 unspecified atom stereocenters. The Hall–Kier alpha value is -1.58. The molecule has 0 atom stereocenters. The summed E-state index contributed by atoms with van der Waals surface area (Å²) in [5.41, 5.74) is 2.66. The molecule has 0 aliphatic carbocycles. The fourth-order valence-corrected chi connectivity index (χ4v) is 2.49. The van der Waals surface area contributed by atoms with E-state index in [2.05, 4.69) is 52.0 Å². The Morgan fingerprint density at radius 3 is 2.14 bits per heavy atom. The number of hydrogen-bond donors (Lipinski definition) is 0. The van der Waals surface area contributed by atoms with E-state index in [4.69, 9.17) is 9.31 Å². The van der Waals surface area contributed by atoms with Gasteiger partial charge in [-0.2, -0.15) is 0 Å². The van der Waals surface area contributed by atoms with Crippen molar-refractivity contribution in [3.8, 4) is 11.1 Å². The summed E-state index contributed by atoms with van der Waals surface area (Å²) in [5.74, 6) is 0. The summed E-state index contributed by atoms with van der Waals surface area (Å²) in [6, 6.07) is 19.4. The van der Waals surface area contributed by atoms with Crippen LogP contribution in [0.3, 0.4) is 0 Å². The molecule has 21 heavy (non-hydrogen) atoms. The predicted octanol–water partition coefficient (Wildman–Crippen LogP) is 3.45. The van der Waals surface area contributed by atoms with Crippen LogP contribution in [0.2, 0.25) is 0 Å². The number of benzene rings is 2. The maximum absolute atomic E-state index is 6.17. The van der Waals surface area contributed by atoms with E-state index in [1.165, 1.54) is 0 Å². The predicted molar refractivity (Wildman–Crippen MR) is 86.4 cm³/mol. The average molecular weight is 279 g/mol. The molecule has 1 heterocycles. The van der Waals surface area contributed by atoms with Gasteiger partial charge in [0, 0.05) is 0 Å². The molecule has 1 aliphatic rings. The van der Waals surface area contributed by atoms with Crippen molar-refractivity contribution in [2.24, 2.45) is 0 Å². The molecule has 107 valence electrons. The highest BCUT2D eigenvalue weighted by Gasteiger charge is 2.52. The van der Waals surface area contributed by atoms with E-state index in [1.807, 2.05) is 30.3 Å². The molecule has 3 heteroatoms. The molecule has 1 radical (unpaired) electrons. The van der Waals surface area contributed by atoms with Crippen LogP contribution in [0.15, 0.2) is 48.5 Å². The summed E-state index contributed by atoms with van der Waals surface area (Å²) >= 11 is 0. The van der Waals surface area contributed by atoms with Gasteiger partial charge in [-0.3, -0.25) is 0 Å². The lowest BCUT2D eigenvalue weighted by Gasteiger charge is -2.32. The normalized spacial score (nSPS) is 19.7. The van der Waals surface area contributed by atoms with Crippen molar-refractivity contribution in [1.82, 2.24) is 0 Å². The van der Waals surface area contributed by atoms with Crippen molar-refractivity contribution in [2.75, 3.05) is 0 Å². The second-order valence-corrected chi connectivity index (χ2v) is 6.47. The molecular weight excluding hydrogens is 259 g/mol. The van der Waals surface area contributed by atoms with Crippen molar-refractivity contribution in [3.63, 3.8) is 0 Å². The molecule has 0 aromatic heterocycles. The van der Waals surface area contributed by atoms with Crippen LogP contribution in [-0.4, -0.2) is 18.3 Å². The SMILES string of the molecule is CC1(C)OB(c2c[c]ccc2-c2ccccc2)OC1(C)C. The zero-order valence-corrected chi connectivity index (χ0v) is 13.0. The minimum atomic E-state index is -0.359. The Kier molecular flexibility index (Phi) is 3.43. The summed E-state index contributed by atoms with van der Waals surface area (Å²) in [4.78, 5) is 0. The lowest BCUT2D eigenvalue weighted by Crippen LogP contribution is -2.41. The standard InChI is InChI=1S/C18H20BO2/c1-17(2)18(3,4)21-19(20-17)16-13-9-8-12-15(16)14-10-6-5-7-11-14/h5-8,10-13H,1-4H3. The van der Waals surface area contributed by atoms with Gasteiger partial charge in [0.1, 0.15) is 0 Å². The molecule has 0 bridgehead atoms. The Bertz CT molecular complexity index is 619. The monoisotopic (exact) mass is 279 g/mol. The van der Waals surface area contributed by atoms with Crippen LogP contribution in [0.1, 0.15) is 27.7 Å². The molecule has 0 spiro atoms. The van der Waals surface area contributed by atoms with Crippen LogP contribution in [-0.2, 0) is 9.31 Å². The third-order valence-corrected chi connectivity index (χ3v) is 4.49. The fraction of sp³-hybridized carbons (Fsp3) is 0.333. The molecule has 2 aromatic carbocycles. The Labute approximate surface area is 127 Å². The maximum atomic E-state index is 6.17. The molecule has 1 aliphatic heterocycles. The lowest BCUT2D eigenvalue weighted by molar-refractivity contribution is 0.00578. The van der Waals surface area contributed by atoms with E-state index in [-0.39, 0.29) is 18.3 Å². The first kappa shape index (κ1) is 14.4. The van der Waals surface area contributed by atoms with Gasteiger partial charge in [0.25, 0.3) is 0 Å². The molecule has 2 nitrogen and oxygen atoms in total. The van der Waals surface area contributed by atoms with Crippen LogP contribution in [0.4, 0.5) is 0 Å². The van der Waals surface area contributed by atoms with E-state index < -0.39 is 0 Å². The first-order chi connectivity index (χ1) is 9.91. The van der Waals surface area contributed by atoms with Gasteiger partial charge in [-0.15, -0.1) is 0 Å². The van der Waals surface area contributed by atoms with Gasteiger partial charge in [-0.05, 0) is 50.4 Å². The lowest BCUT2D eigenvalue weighted by atomic mass is 9.74. The quantitative estimate of drug-likeness (QED) is 0.784. The summed E-state index contributed by atoms with van der Waals surface area (Å²) in [5, 5.41) is 0. The van der Waals surface area contributed by atoms with Crippen molar-refractivity contribution >= 4 is 12.6 Å². The average Bonchev–Trinajstić information content (AvgIpc) is 2.68. The van der Waals surface area contributed by atoms with Crippen molar-refractivity contribution < 1.29 is 9.31 Å². The van der Waals surface area contributed by atoms with Crippen LogP contribution in [0, 0.1) is 6.07 Å². The van der Waals surface area contributed by atoms with Crippen molar-refractivity contribution in [3.05, 3.63) is 54.6 Å². The minimum absolute atomic E-state index is 0.332. The van der Waals surface area contributed by atoms with E-state index in [9.17, 15) is 0 Å². The summed E-state index contributed by atoms with van der Waals surface area (Å²) in [6.07, 6.45) is 0. The van der Waals surface area contributed by atoms with Gasteiger partial charge >= 0.3 is 7.12 Å². The zero-order chi connectivity index (χ0) is 15.1. The van der Waals surface area contributed by atoms with Crippen molar-refractivity contribution in [2.45, 2.75) is 38.9 Å². The maximum Gasteiger partial charge on any atom is 0.495 e. The topological polar surface area (TPSA) is 18.5 Å². The second kappa shape index (κ2) is 5.01.